The highest BCUT2D eigenvalue weighted by molar-refractivity contribution is 7.14. The lowest BCUT2D eigenvalue weighted by molar-refractivity contribution is 0.0959. The van der Waals surface area contributed by atoms with Gasteiger partial charge in [0.25, 0.3) is 5.91 Å². The molecule has 0 saturated heterocycles. The molecular weight excluding hydrogens is 394 g/mol. The van der Waals surface area contributed by atoms with Crippen LogP contribution in [0.5, 0.6) is 0 Å². The molecule has 1 aliphatic carbocycles. The van der Waals surface area contributed by atoms with Gasteiger partial charge in [-0.15, -0.1) is 16.4 Å². The molecule has 0 radical (unpaired) electrons. The van der Waals surface area contributed by atoms with E-state index in [2.05, 4.69) is 39.9 Å². The van der Waals surface area contributed by atoms with E-state index in [0.29, 0.717) is 6.54 Å². The molecule has 0 aliphatic heterocycles. The maximum Gasteiger partial charge on any atom is 0.281 e. The van der Waals surface area contributed by atoms with Crippen molar-refractivity contribution in [3.8, 4) is 0 Å². The zero-order valence-corrected chi connectivity index (χ0v) is 17.8. The number of carbonyl (C=O) groups excluding carboxylic acids is 1. The van der Waals surface area contributed by atoms with Crippen LogP contribution in [0.15, 0.2) is 53.8 Å². The Hall–Kier alpha value is -3.06. The fourth-order valence-corrected chi connectivity index (χ4v) is 4.73. The Morgan fingerprint density at radius 3 is 3.07 bits per heavy atom. The van der Waals surface area contributed by atoms with Crippen LogP contribution in [0.2, 0.25) is 0 Å². The Labute approximate surface area is 180 Å². The number of hydrazone groups is 1. The fourth-order valence-electron chi connectivity index (χ4n) is 3.63. The van der Waals surface area contributed by atoms with Crippen molar-refractivity contribution < 1.29 is 4.79 Å². The predicted molar refractivity (Wildman–Crippen MR) is 121 cm³/mol. The summed E-state index contributed by atoms with van der Waals surface area (Å²) in [5.74, 6) is 0.595. The van der Waals surface area contributed by atoms with Crippen LogP contribution in [0.3, 0.4) is 0 Å². The topological polar surface area (TPSA) is 72.2 Å². The normalized spacial score (nSPS) is 16.2. The van der Waals surface area contributed by atoms with Crippen molar-refractivity contribution in [2.45, 2.75) is 39.2 Å². The van der Waals surface area contributed by atoms with Crippen molar-refractivity contribution >= 4 is 29.5 Å². The molecule has 4 rings (SSSR count). The van der Waals surface area contributed by atoms with E-state index in [1.165, 1.54) is 28.8 Å². The van der Waals surface area contributed by atoms with Gasteiger partial charge in [-0.3, -0.25) is 4.79 Å². The number of hydrogen-bond donors (Lipinski definition) is 1. The minimum atomic E-state index is -0.152. The maximum absolute atomic E-state index is 12.4. The Morgan fingerprint density at radius 2 is 2.23 bits per heavy atom. The third-order valence-electron chi connectivity index (χ3n) is 5.32. The number of thiophene rings is 1. The molecule has 0 bridgehead atoms. The van der Waals surface area contributed by atoms with E-state index in [4.69, 9.17) is 0 Å². The molecule has 6 nitrogen and oxygen atoms in total. The summed E-state index contributed by atoms with van der Waals surface area (Å²) in [4.78, 5) is 14.5. The summed E-state index contributed by atoms with van der Waals surface area (Å²) < 4.78 is 1.79. The van der Waals surface area contributed by atoms with Gasteiger partial charge in [-0.25, -0.2) is 10.1 Å². The number of allylic oxidation sites excluding steroid dienone is 1. The second-order valence-corrected chi connectivity index (χ2v) is 8.62. The molecular formula is C23H25N5OS. The minimum Gasteiger partial charge on any atom is -0.266 e. The summed E-state index contributed by atoms with van der Waals surface area (Å²) in [7, 11) is 0. The van der Waals surface area contributed by atoms with Crippen LogP contribution < -0.4 is 5.43 Å². The first-order chi connectivity index (χ1) is 14.7. The first-order valence-corrected chi connectivity index (χ1v) is 11.1. The Bertz CT molecular complexity index is 1050. The Morgan fingerprint density at radius 1 is 1.37 bits per heavy atom. The second-order valence-electron chi connectivity index (χ2n) is 7.48. The van der Waals surface area contributed by atoms with E-state index in [-0.39, 0.29) is 5.91 Å². The van der Waals surface area contributed by atoms with E-state index in [1.54, 1.807) is 34.4 Å². The van der Waals surface area contributed by atoms with Gasteiger partial charge < -0.3 is 0 Å². The van der Waals surface area contributed by atoms with E-state index >= 15 is 0 Å². The van der Waals surface area contributed by atoms with Crippen LogP contribution in [0.25, 0.3) is 6.08 Å². The Kier molecular flexibility index (Phi) is 6.49. The van der Waals surface area contributed by atoms with Crippen LogP contribution in [0.1, 0.15) is 51.1 Å². The number of aryl methyl sites for hydroxylation is 1. The summed E-state index contributed by atoms with van der Waals surface area (Å²) in [5, 5.41) is 12.3. The monoisotopic (exact) mass is 419 g/mol. The Balaban J connectivity index is 1.28. The number of benzene rings is 1. The van der Waals surface area contributed by atoms with Crippen molar-refractivity contribution in [1.82, 2.24) is 20.4 Å². The summed E-state index contributed by atoms with van der Waals surface area (Å²) in [6.45, 7) is 2.91. The predicted octanol–water partition coefficient (Wildman–Crippen LogP) is 4.33. The van der Waals surface area contributed by atoms with Gasteiger partial charge >= 0.3 is 0 Å². The van der Waals surface area contributed by atoms with Crippen molar-refractivity contribution in [2.75, 3.05) is 0 Å². The van der Waals surface area contributed by atoms with Crippen LogP contribution in [0, 0.1) is 5.92 Å². The van der Waals surface area contributed by atoms with Gasteiger partial charge in [0.2, 0.25) is 0 Å². The smallest absolute Gasteiger partial charge is 0.266 e. The summed E-state index contributed by atoms with van der Waals surface area (Å²) >= 11 is 1.60. The molecule has 1 N–H and O–H groups in total. The van der Waals surface area contributed by atoms with E-state index < -0.39 is 0 Å². The number of aromatic nitrogens is 3. The summed E-state index contributed by atoms with van der Waals surface area (Å²) in [5.41, 5.74) is 5.85. The minimum absolute atomic E-state index is 0.152. The zero-order valence-electron chi connectivity index (χ0n) is 17.0. The summed E-state index contributed by atoms with van der Waals surface area (Å²) in [6, 6.07) is 12.1. The number of hydrogen-bond acceptors (Lipinski definition) is 5. The highest BCUT2D eigenvalue weighted by Gasteiger charge is 2.21. The first-order valence-electron chi connectivity index (χ1n) is 10.3. The average Bonchev–Trinajstić information content (AvgIpc) is 3.40. The first kappa shape index (κ1) is 20.2. The van der Waals surface area contributed by atoms with Gasteiger partial charge in [0, 0.05) is 11.1 Å². The SMILES string of the molecule is CC[C@H]1CCc2sc(C(=O)N/N=C\C=C\c3cn(Cc4ccccc4)nn3)cc2C1. The van der Waals surface area contributed by atoms with Gasteiger partial charge in [-0.05, 0) is 54.5 Å². The molecule has 1 atom stereocenters. The fraction of sp³-hybridized carbons (Fsp3) is 0.304. The molecule has 1 aliphatic rings. The third-order valence-corrected chi connectivity index (χ3v) is 6.56. The number of fused-ring (bicyclic) bond motifs is 1. The van der Waals surface area contributed by atoms with Gasteiger partial charge in [0.05, 0.1) is 17.6 Å². The number of amides is 1. The molecule has 3 aromatic rings. The number of nitrogens with one attached hydrogen (secondary N) is 1. The number of nitrogens with zero attached hydrogens (tertiary/aromatic N) is 4. The highest BCUT2D eigenvalue weighted by Crippen LogP contribution is 2.33. The molecule has 0 spiro atoms. The molecule has 0 fully saturated rings. The van der Waals surface area contributed by atoms with Gasteiger partial charge in [0.1, 0.15) is 5.69 Å². The van der Waals surface area contributed by atoms with Crippen molar-refractivity contribution in [3.05, 3.63) is 75.2 Å². The van der Waals surface area contributed by atoms with Crippen LogP contribution in [-0.4, -0.2) is 27.1 Å². The molecule has 7 heteroatoms. The van der Waals surface area contributed by atoms with Crippen LogP contribution in [0.4, 0.5) is 0 Å². The maximum atomic E-state index is 12.4. The molecule has 2 heterocycles. The van der Waals surface area contributed by atoms with E-state index in [9.17, 15) is 4.79 Å². The van der Waals surface area contributed by atoms with E-state index in [1.807, 2.05) is 30.5 Å². The lowest BCUT2D eigenvalue weighted by Crippen LogP contribution is -2.15. The van der Waals surface area contributed by atoms with Crippen molar-refractivity contribution in [1.29, 1.82) is 0 Å². The van der Waals surface area contributed by atoms with E-state index in [0.717, 1.165) is 29.3 Å². The van der Waals surface area contributed by atoms with Gasteiger partial charge in [-0.1, -0.05) is 48.9 Å². The van der Waals surface area contributed by atoms with Gasteiger partial charge in [-0.2, -0.15) is 5.10 Å². The lowest BCUT2D eigenvalue weighted by Gasteiger charge is -2.19. The van der Waals surface area contributed by atoms with Crippen LogP contribution >= 0.6 is 11.3 Å². The van der Waals surface area contributed by atoms with Crippen LogP contribution in [-0.2, 0) is 19.4 Å². The highest BCUT2D eigenvalue weighted by atomic mass is 32.1. The lowest BCUT2D eigenvalue weighted by atomic mass is 9.87. The number of rotatable bonds is 7. The molecule has 0 saturated carbocycles. The molecule has 1 aromatic carbocycles. The average molecular weight is 420 g/mol. The molecule has 0 unspecified atom stereocenters. The molecule has 1 amide bonds. The largest absolute Gasteiger partial charge is 0.281 e. The molecule has 2 aromatic heterocycles. The van der Waals surface area contributed by atoms with Crippen molar-refractivity contribution in [3.63, 3.8) is 0 Å². The zero-order chi connectivity index (χ0) is 20.8. The summed E-state index contributed by atoms with van der Waals surface area (Å²) in [6.07, 6.45) is 11.6. The number of carbonyl (C=O) groups is 1. The standard InChI is InChI=1S/C23H25N5OS/c1-2-17-10-11-21-19(13-17)14-22(30-21)23(29)26-24-12-6-9-20-16-28(27-25-20)15-18-7-4-3-5-8-18/h3-9,12,14,16-17H,2,10-11,13,15H2,1H3,(H,26,29)/b9-6+,24-12-/t17-/m0/s1. The third kappa shape index (κ3) is 5.10. The molecule has 154 valence electrons. The molecule has 30 heavy (non-hydrogen) atoms. The van der Waals surface area contributed by atoms with Crippen molar-refractivity contribution in [2.24, 2.45) is 11.0 Å². The van der Waals surface area contributed by atoms with Gasteiger partial charge in [0.15, 0.2) is 0 Å². The quantitative estimate of drug-likeness (QED) is 0.458. The second kappa shape index (κ2) is 9.63.